The quantitative estimate of drug-likeness (QED) is 0.905. The summed E-state index contributed by atoms with van der Waals surface area (Å²) in [5.41, 5.74) is 7.35. The Morgan fingerprint density at radius 2 is 1.74 bits per heavy atom. The molecule has 3 heteroatoms. The summed E-state index contributed by atoms with van der Waals surface area (Å²) in [6.07, 6.45) is 11.3. The molecule has 0 aromatic carbocycles. The third-order valence-corrected chi connectivity index (χ3v) is 5.66. The minimum atomic E-state index is 0.390. The summed E-state index contributed by atoms with van der Waals surface area (Å²) in [7, 11) is 0. The van der Waals surface area contributed by atoms with Crippen molar-refractivity contribution >= 4 is 0 Å². The molecule has 1 aromatic rings. The predicted octanol–water partition coefficient (Wildman–Crippen LogP) is 2.45. The van der Waals surface area contributed by atoms with Gasteiger partial charge in [0.15, 0.2) is 0 Å². The Morgan fingerprint density at radius 1 is 1.11 bits per heavy atom. The molecule has 4 fully saturated rings. The van der Waals surface area contributed by atoms with Gasteiger partial charge in [0.2, 0.25) is 0 Å². The first-order valence-electron chi connectivity index (χ1n) is 7.80. The van der Waals surface area contributed by atoms with E-state index in [1.54, 1.807) is 0 Å². The van der Waals surface area contributed by atoms with Crippen LogP contribution in [-0.4, -0.2) is 16.5 Å². The first-order valence-corrected chi connectivity index (χ1v) is 7.80. The van der Waals surface area contributed by atoms with Gasteiger partial charge in [-0.3, -0.25) is 0 Å². The maximum atomic E-state index is 5.64. The van der Waals surface area contributed by atoms with E-state index >= 15 is 0 Å². The van der Waals surface area contributed by atoms with E-state index in [1.807, 2.05) is 6.20 Å². The van der Waals surface area contributed by atoms with Crippen molar-refractivity contribution in [2.45, 2.75) is 50.4 Å². The topological polar surface area (TPSA) is 51.8 Å². The lowest BCUT2D eigenvalue weighted by atomic mass is 9.49. The SMILES string of the molecule is NCCc1nccc(C23CC4CC(CC(C4)C2)C3)n1. The van der Waals surface area contributed by atoms with Crippen LogP contribution in [0.25, 0.3) is 0 Å². The summed E-state index contributed by atoms with van der Waals surface area (Å²) in [6, 6.07) is 2.17. The Hall–Kier alpha value is -0.960. The number of nitrogens with zero attached hydrogens (tertiary/aromatic N) is 2. The lowest BCUT2D eigenvalue weighted by molar-refractivity contribution is -0.00735. The number of nitrogens with two attached hydrogens (primary N) is 1. The van der Waals surface area contributed by atoms with Crippen molar-refractivity contribution in [2.75, 3.05) is 6.54 Å². The molecule has 1 heterocycles. The first kappa shape index (κ1) is 11.8. The highest BCUT2D eigenvalue weighted by Crippen LogP contribution is 2.60. The van der Waals surface area contributed by atoms with Gasteiger partial charge in [-0.2, -0.15) is 0 Å². The van der Waals surface area contributed by atoms with Crippen molar-refractivity contribution in [3.8, 4) is 0 Å². The monoisotopic (exact) mass is 257 g/mol. The molecule has 0 atom stereocenters. The predicted molar refractivity (Wildman–Crippen MR) is 74.6 cm³/mol. The van der Waals surface area contributed by atoms with Gasteiger partial charge in [0.05, 0.1) is 5.69 Å². The van der Waals surface area contributed by atoms with Gasteiger partial charge in [-0.25, -0.2) is 9.97 Å². The zero-order valence-corrected chi connectivity index (χ0v) is 11.5. The van der Waals surface area contributed by atoms with Gasteiger partial charge in [-0.1, -0.05) is 0 Å². The summed E-state index contributed by atoms with van der Waals surface area (Å²) >= 11 is 0. The van der Waals surface area contributed by atoms with Gasteiger partial charge in [0.1, 0.15) is 5.82 Å². The highest BCUT2D eigenvalue weighted by molar-refractivity contribution is 5.22. The Balaban J connectivity index is 1.69. The molecule has 2 N–H and O–H groups in total. The van der Waals surface area contributed by atoms with E-state index in [0.29, 0.717) is 12.0 Å². The molecule has 4 saturated carbocycles. The van der Waals surface area contributed by atoms with E-state index in [0.717, 1.165) is 30.0 Å². The molecule has 0 amide bonds. The molecule has 0 unspecified atom stereocenters. The van der Waals surface area contributed by atoms with Crippen molar-refractivity contribution in [1.82, 2.24) is 9.97 Å². The Morgan fingerprint density at radius 3 is 2.32 bits per heavy atom. The van der Waals surface area contributed by atoms with E-state index in [4.69, 9.17) is 10.7 Å². The second-order valence-corrected chi connectivity index (χ2v) is 7.09. The molecule has 0 spiro atoms. The van der Waals surface area contributed by atoms with Crippen LogP contribution in [0.4, 0.5) is 0 Å². The summed E-state index contributed by atoms with van der Waals surface area (Å²) < 4.78 is 0. The standard InChI is InChI=1S/C16H23N3/c17-3-1-15-18-4-2-14(19-15)16-8-11-5-12(9-16)7-13(6-11)10-16/h2,4,11-13H,1,3,5-10,17H2. The van der Waals surface area contributed by atoms with Crippen LogP contribution in [0.15, 0.2) is 12.3 Å². The van der Waals surface area contributed by atoms with Crippen LogP contribution < -0.4 is 5.73 Å². The Kier molecular flexibility index (Phi) is 2.66. The van der Waals surface area contributed by atoms with Gasteiger partial charge >= 0.3 is 0 Å². The van der Waals surface area contributed by atoms with Gasteiger partial charge in [0.25, 0.3) is 0 Å². The van der Waals surface area contributed by atoms with Gasteiger partial charge in [-0.05, 0) is 68.9 Å². The average Bonchev–Trinajstić information content (AvgIpc) is 2.38. The maximum Gasteiger partial charge on any atom is 0.129 e. The van der Waals surface area contributed by atoms with E-state index in [1.165, 1.54) is 44.2 Å². The van der Waals surface area contributed by atoms with Gasteiger partial charge in [0, 0.05) is 18.0 Å². The fourth-order valence-corrected chi connectivity index (χ4v) is 5.37. The summed E-state index contributed by atoms with van der Waals surface area (Å²) in [5, 5.41) is 0. The summed E-state index contributed by atoms with van der Waals surface area (Å²) in [6.45, 7) is 0.643. The molecule has 3 nitrogen and oxygen atoms in total. The maximum absolute atomic E-state index is 5.64. The number of rotatable bonds is 3. The zero-order chi connectivity index (χ0) is 12.9. The van der Waals surface area contributed by atoms with Crippen molar-refractivity contribution in [3.63, 3.8) is 0 Å². The van der Waals surface area contributed by atoms with E-state index in [2.05, 4.69) is 11.1 Å². The minimum Gasteiger partial charge on any atom is -0.330 e. The largest absolute Gasteiger partial charge is 0.330 e. The fourth-order valence-electron chi connectivity index (χ4n) is 5.37. The molecule has 102 valence electrons. The minimum absolute atomic E-state index is 0.390. The summed E-state index contributed by atoms with van der Waals surface area (Å²) in [5.74, 6) is 3.85. The van der Waals surface area contributed by atoms with E-state index in [9.17, 15) is 0 Å². The van der Waals surface area contributed by atoms with Crippen molar-refractivity contribution < 1.29 is 0 Å². The molecule has 5 rings (SSSR count). The van der Waals surface area contributed by atoms with E-state index < -0.39 is 0 Å². The van der Waals surface area contributed by atoms with Gasteiger partial charge in [-0.15, -0.1) is 0 Å². The second-order valence-electron chi connectivity index (χ2n) is 7.09. The normalized spacial score (nSPS) is 39.7. The lowest BCUT2D eigenvalue weighted by Gasteiger charge is -2.56. The molecule has 4 aliphatic carbocycles. The zero-order valence-electron chi connectivity index (χ0n) is 11.5. The second kappa shape index (κ2) is 4.27. The number of aromatic nitrogens is 2. The Labute approximate surface area is 115 Å². The van der Waals surface area contributed by atoms with E-state index in [-0.39, 0.29) is 0 Å². The third-order valence-electron chi connectivity index (χ3n) is 5.66. The van der Waals surface area contributed by atoms with Crippen LogP contribution in [0.1, 0.15) is 50.0 Å². The number of hydrogen-bond acceptors (Lipinski definition) is 3. The first-order chi connectivity index (χ1) is 9.27. The molecular weight excluding hydrogens is 234 g/mol. The van der Waals surface area contributed by atoms with Crippen molar-refractivity contribution in [1.29, 1.82) is 0 Å². The van der Waals surface area contributed by atoms with Crippen LogP contribution in [0, 0.1) is 17.8 Å². The molecule has 0 radical (unpaired) electrons. The highest BCUT2D eigenvalue weighted by atomic mass is 14.9. The van der Waals surface area contributed by atoms with Crippen LogP contribution >= 0.6 is 0 Å². The third kappa shape index (κ3) is 1.90. The smallest absolute Gasteiger partial charge is 0.129 e. The van der Waals surface area contributed by atoms with Gasteiger partial charge < -0.3 is 5.73 Å². The van der Waals surface area contributed by atoms with Crippen LogP contribution in [-0.2, 0) is 11.8 Å². The molecule has 0 aliphatic heterocycles. The lowest BCUT2D eigenvalue weighted by Crippen LogP contribution is -2.49. The molecular formula is C16H23N3. The molecule has 4 bridgehead atoms. The molecule has 19 heavy (non-hydrogen) atoms. The summed E-state index contributed by atoms with van der Waals surface area (Å²) in [4.78, 5) is 9.23. The van der Waals surface area contributed by atoms with Crippen LogP contribution in [0.3, 0.4) is 0 Å². The number of hydrogen-bond donors (Lipinski definition) is 1. The Bertz CT molecular complexity index is 447. The average molecular weight is 257 g/mol. The van der Waals surface area contributed by atoms with Crippen molar-refractivity contribution in [2.24, 2.45) is 23.5 Å². The van der Waals surface area contributed by atoms with Crippen LogP contribution in [0.2, 0.25) is 0 Å². The molecule has 1 aromatic heterocycles. The fraction of sp³-hybridized carbons (Fsp3) is 0.750. The molecule has 0 saturated heterocycles. The molecule has 4 aliphatic rings. The van der Waals surface area contributed by atoms with Crippen molar-refractivity contribution in [3.05, 3.63) is 23.8 Å². The van der Waals surface area contributed by atoms with Crippen LogP contribution in [0.5, 0.6) is 0 Å². The highest BCUT2D eigenvalue weighted by Gasteiger charge is 2.52.